The molecular weight excluding hydrogens is 360 g/mol. The van der Waals surface area contributed by atoms with Crippen molar-refractivity contribution in [1.82, 2.24) is 0 Å². The molecule has 0 aliphatic heterocycles. The molecule has 0 heterocycles. The zero-order valence-electron chi connectivity index (χ0n) is 11.6. The Morgan fingerprint density at radius 3 is 2.04 bits per heavy atom. The van der Waals surface area contributed by atoms with E-state index in [1.54, 1.807) is 0 Å². The van der Waals surface area contributed by atoms with Gasteiger partial charge < -0.3 is 0 Å². The fourth-order valence-electron chi connectivity index (χ4n) is 2.50. The third-order valence-electron chi connectivity index (χ3n) is 3.48. The Kier molecular flexibility index (Phi) is 3.46. The molecule has 0 bridgehead atoms. The third kappa shape index (κ3) is 2.65. The van der Waals surface area contributed by atoms with Crippen LogP contribution in [0.5, 0.6) is 0 Å². The van der Waals surface area contributed by atoms with E-state index < -0.39 is 35.8 Å². The largest absolute Gasteiger partial charge is 0.299 e. The molecule has 0 fully saturated rings. The zero-order chi connectivity index (χ0) is 17.9. The summed E-state index contributed by atoms with van der Waals surface area (Å²) in [5, 5.41) is 0.150. The molecule has 0 radical (unpaired) electrons. The highest BCUT2D eigenvalue weighted by Gasteiger charge is 2.36. The number of carbonyl (C=O) groups is 2. The van der Waals surface area contributed by atoms with Crippen molar-refractivity contribution in [2.24, 2.45) is 0 Å². The quantitative estimate of drug-likeness (QED) is 0.624. The van der Waals surface area contributed by atoms with Gasteiger partial charge >= 0.3 is 0 Å². The highest BCUT2D eigenvalue weighted by Crippen LogP contribution is 2.23. The van der Waals surface area contributed by atoms with Crippen LogP contribution in [0.15, 0.2) is 23.1 Å². The molecule has 24 heavy (non-hydrogen) atoms. The van der Waals surface area contributed by atoms with Crippen LogP contribution >= 0.6 is 0 Å². The normalized spacial score (nSPS) is 17.1. The van der Waals surface area contributed by atoms with E-state index in [-0.39, 0.29) is 16.6 Å². The number of hydrogen-bond donors (Lipinski definition) is 2. The second-order valence-corrected chi connectivity index (χ2v) is 7.81. The van der Waals surface area contributed by atoms with Gasteiger partial charge in [0, 0.05) is 5.22 Å². The molecule has 0 spiro atoms. The fourth-order valence-corrected chi connectivity index (χ4v) is 3.97. The number of Topliss-reactive ketones (excluding diaryl/α,β-unsaturated/α-hetero) is 1. The van der Waals surface area contributed by atoms with Crippen molar-refractivity contribution in [2.45, 2.75) is 0 Å². The van der Waals surface area contributed by atoms with Gasteiger partial charge in [-0.1, -0.05) is 6.08 Å². The topological polar surface area (TPSA) is 143 Å². The number of rotatable bonds is 2. The Bertz CT molecular complexity index is 1210. The van der Waals surface area contributed by atoms with Crippen LogP contribution in [0.2, 0.25) is 0 Å². The summed E-state index contributed by atoms with van der Waals surface area (Å²) < 4.78 is 64.2. The first-order valence-electron chi connectivity index (χ1n) is 6.32. The van der Waals surface area contributed by atoms with Gasteiger partial charge in [-0.3, -0.25) is 18.7 Å². The second kappa shape index (κ2) is 5.05. The SMILES string of the molecule is O=C1C=Cc2cc3c(cc2=C1)C=C(S(=O)(=O)O)C(=O)C=3S(=O)(=O)O. The minimum absolute atomic E-state index is 0.0482. The summed E-state index contributed by atoms with van der Waals surface area (Å²) in [5.74, 6) is -1.86. The van der Waals surface area contributed by atoms with Crippen molar-refractivity contribution < 1.29 is 35.5 Å². The van der Waals surface area contributed by atoms with Gasteiger partial charge in [0.05, 0.1) is 0 Å². The lowest BCUT2D eigenvalue weighted by Crippen LogP contribution is -2.32. The summed E-state index contributed by atoms with van der Waals surface area (Å²) in [6.07, 6.45) is 4.65. The Morgan fingerprint density at radius 1 is 0.792 bits per heavy atom. The first kappa shape index (κ1) is 16.5. The van der Waals surface area contributed by atoms with Crippen LogP contribution in [0.1, 0.15) is 11.1 Å². The Labute approximate surface area is 135 Å². The summed E-state index contributed by atoms with van der Waals surface area (Å²) in [5.41, 5.74) is 0.360. The van der Waals surface area contributed by atoms with Crippen molar-refractivity contribution in [3.63, 3.8) is 0 Å². The zero-order valence-corrected chi connectivity index (χ0v) is 13.3. The predicted molar refractivity (Wildman–Crippen MR) is 83.7 cm³/mol. The number of allylic oxidation sites excluding steroid dienone is 2. The molecular formula is C14H8O8S2. The van der Waals surface area contributed by atoms with E-state index in [4.69, 9.17) is 4.55 Å². The Morgan fingerprint density at radius 2 is 1.46 bits per heavy atom. The molecule has 1 aromatic rings. The van der Waals surface area contributed by atoms with Crippen LogP contribution in [0.3, 0.4) is 0 Å². The van der Waals surface area contributed by atoms with Crippen LogP contribution in [0, 0.1) is 0 Å². The minimum atomic E-state index is -5.07. The molecule has 10 heteroatoms. The lowest BCUT2D eigenvalue weighted by molar-refractivity contribution is -0.110. The van der Waals surface area contributed by atoms with Gasteiger partial charge in [0.2, 0.25) is 5.78 Å². The maximum absolute atomic E-state index is 12.1. The molecule has 0 amide bonds. The Balaban J connectivity index is 2.53. The summed E-state index contributed by atoms with van der Waals surface area (Å²) in [6.45, 7) is 0. The van der Waals surface area contributed by atoms with E-state index in [0.29, 0.717) is 10.8 Å². The maximum Gasteiger partial charge on any atom is 0.299 e. The van der Waals surface area contributed by atoms with E-state index in [0.717, 1.165) is 6.08 Å². The van der Waals surface area contributed by atoms with Gasteiger partial charge in [-0.15, -0.1) is 0 Å². The smallest absolute Gasteiger partial charge is 0.290 e. The average Bonchev–Trinajstić information content (AvgIpc) is 2.42. The molecule has 124 valence electrons. The molecule has 0 saturated heterocycles. The first-order valence-corrected chi connectivity index (χ1v) is 9.20. The van der Waals surface area contributed by atoms with E-state index in [2.05, 4.69) is 0 Å². The van der Waals surface area contributed by atoms with E-state index in [1.807, 2.05) is 0 Å². The molecule has 0 atom stereocenters. The molecule has 8 nitrogen and oxygen atoms in total. The molecule has 2 aliphatic rings. The third-order valence-corrected chi connectivity index (χ3v) is 5.26. The van der Waals surface area contributed by atoms with Crippen molar-refractivity contribution >= 4 is 54.9 Å². The first-order chi connectivity index (χ1) is 11.0. The van der Waals surface area contributed by atoms with Crippen LogP contribution in [-0.2, 0) is 29.8 Å². The van der Waals surface area contributed by atoms with E-state index in [9.17, 15) is 31.0 Å². The summed E-state index contributed by atoms with van der Waals surface area (Å²) >= 11 is 0. The lowest BCUT2D eigenvalue weighted by Gasteiger charge is -2.14. The standard InChI is InChI=1S/C14H8O8S2/c15-10-2-1-7-5-11-9(3-8(7)4-10)6-12(23(17,18)19)13(16)14(11)24(20,21)22/h1-6H,(H,17,18,19)(H,20,21,22). The number of benzene rings is 1. The summed E-state index contributed by atoms with van der Waals surface area (Å²) in [6, 6.07) is 2.53. The van der Waals surface area contributed by atoms with Gasteiger partial charge in [0.25, 0.3) is 20.2 Å². The molecule has 0 aromatic heterocycles. The van der Waals surface area contributed by atoms with Crippen molar-refractivity contribution in [3.05, 3.63) is 44.7 Å². The fraction of sp³-hybridized carbons (Fsp3) is 0. The number of hydrogen-bond acceptors (Lipinski definition) is 6. The maximum atomic E-state index is 12.1. The second-order valence-electron chi connectivity index (χ2n) is 5.07. The van der Waals surface area contributed by atoms with Crippen molar-refractivity contribution in [2.75, 3.05) is 0 Å². The molecule has 1 aromatic carbocycles. The summed E-state index contributed by atoms with van der Waals surface area (Å²) in [7, 11) is -10.1. The van der Waals surface area contributed by atoms with Crippen LogP contribution in [0.4, 0.5) is 0 Å². The minimum Gasteiger partial charge on any atom is -0.290 e. The van der Waals surface area contributed by atoms with Crippen LogP contribution in [-0.4, -0.2) is 37.5 Å². The monoisotopic (exact) mass is 368 g/mol. The summed E-state index contributed by atoms with van der Waals surface area (Å²) in [4.78, 5) is 21.2. The van der Waals surface area contributed by atoms with Gasteiger partial charge in [-0.25, -0.2) is 0 Å². The van der Waals surface area contributed by atoms with Gasteiger partial charge in [-0.05, 0) is 46.7 Å². The molecule has 0 saturated carbocycles. The van der Waals surface area contributed by atoms with E-state index >= 15 is 0 Å². The van der Waals surface area contributed by atoms with Gasteiger partial charge in [0.15, 0.2) is 10.7 Å². The lowest BCUT2D eigenvalue weighted by atomic mass is 9.97. The predicted octanol–water partition coefficient (Wildman–Crippen LogP) is -1.13. The number of fused-ring (bicyclic) bond motifs is 2. The Hall–Kier alpha value is -2.40. The van der Waals surface area contributed by atoms with Gasteiger partial charge in [-0.2, -0.15) is 16.8 Å². The molecule has 0 unspecified atom stereocenters. The number of carbonyl (C=O) groups excluding carboxylic acids is 2. The van der Waals surface area contributed by atoms with Crippen molar-refractivity contribution in [3.8, 4) is 0 Å². The van der Waals surface area contributed by atoms with Crippen LogP contribution < -0.4 is 10.4 Å². The van der Waals surface area contributed by atoms with E-state index in [1.165, 1.54) is 30.4 Å². The van der Waals surface area contributed by atoms with Crippen molar-refractivity contribution in [1.29, 1.82) is 0 Å². The molecule has 2 aliphatic carbocycles. The molecule has 2 N–H and O–H groups in total. The average molecular weight is 368 g/mol. The number of ketones is 2. The highest BCUT2D eigenvalue weighted by atomic mass is 32.2. The highest BCUT2D eigenvalue weighted by molar-refractivity contribution is 7.97. The van der Waals surface area contributed by atoms with Gasteiger partial charge in [0.1, 0.15) is 4.91 Å². The van der Waals surface area contributed by atoms with Crippen LogP contribution in [0.25, 0.3) is 23.1 Å². The molecule has 3 rings (SSSR count).